The number of nitrogens with one attached hydrogen (secondary N) is 1. The first-order valence-electron chi connectivity index (χ1n) is 10.6. The Balaban J connectivity index is 1.24. The van der Waals surface area contributed by atoms with Crippen LogP contribution in [0.4, 0.5) is 5.69 Å². The van der Waals surface area contributed by atoms with Gasteiger partial charge in [0.15, 0.2) is 0 Å². The second-order valence-corrected chi connectivity index (χ2v) is 8.60. The second-order valence-electron chi connectivity index (χ2n) is 7.68. The number of hydrogen-bond donors (Lipinski definition) is 1. The number of hydrogen-bond acceptors (Lipinski definition) is 6. The number of carbonyl (C=O) groups excluding carboxylic acids is 1. The van der Waals surface area contributed by atoms with Crippen LogP contribution in [0.5, 0.6) is 5.75 Å². The number of halogens is 1. The van der Waals surface area contributed by atoms with Gasteiger partial charge in [-0.3, -0.25) is 9.69 Å². The van der Waals surface area contributed by atoms with Crippen LogP contribution in [0.3, 0.4) is 0 Å². The number of likely N-dealkylation sites (tertiary alicyclic amines) is 1. The molecule has 0 bridgehead atoms. The van der Waals surface area contributed by atoms with E-state index in [1.54, 1.807) is 6.08 Å². The zero-order chi connectivity index (χ0) is 22.3. The Hall–Kier alpha value is -2.97. The Labute approximate surface area is 195 Å². The van der Waals surface area contributed by atoms with E-state index in [1.165, 1.54) is 0 Å². The van der Waals surface area contributed by atoms with E-state index in [0.29, 0.717) is 24.9 Å². The molecule has 0 saturated carbocycles. The molecule has 3 aromatic rings. The number of piperidine rings is 1. The number of nitrogens with zero attached hydrogens (tertiary/aromatic N) is 3. The maximum atomic E-state index is 12.7. The Morgan fingerprint density at radius 3 is 2.59 bits per heavy atom. The molecule has 166 valence electrons. The molecule has 0 atom stereocenters. The third-order valence-corrected chi connectivity index (χ3v) is 5.91. The monoisotopic (exact) mass is 496 g/mol. The molecule has 0 aliphatic carbocycles. The van der Waals surface area contributed by atoms with Crippen LogP contribution in [-0.4, -0.2) is 40.6 Å². The number of anilines is 1. The fourth-order valence-electron chi connectivity index (χ4n) is 3.61. The van der Waals surface area contributed by atoms with Gasteiger partial charge in [0.05, 0.1) is 6.54 Å². The average Bonchev–Trinajstić information content (AvgIpc) is 3.28. The minimum Gasteiger partial charge on any atom is -0.490 e. The van der Waals surface area contributed by atoms with Crippen molar-refractivity contribution in [2.75, 3.05) is 25.0 Å². The summed E-state index contributed by atoms with van der Waals surface area (Å²) in [7, 11) is 0. The fraction of sp³-hybridized carbons (Fsp3) is 0.292. The zero-order valence-electron chi connectivity index (χ0n) is 17.7. The fourth-order valence-corrected chi connectivity index (χ4v) is 3.88. The summed E-state index contributed by atoms with van der Waals surface area (Å²) < 4.78 is 11.9. The summed E-state index contributed by atoms with van der Waals surface area (Å²) in [6, 6.07) is 15.2. The summed E-state index contributed by atoms with van der Waals surface area (Å²) >= 11 is 3.43. The van der Waals surface area contributed by atoms with Gasteiger partial charge in [0, 0.05) is 21.6 Å². The molecule has 2 heterocycles. The molecule has 32 heavy (non-hydrogen) atoms. The third kappa shape index (κ3) is 5.83. The van der Waals surface area contributed by atoms with Crippen molar-refractivity contribution in [2.45, 2.75) is 19.4 Å². The first kappa shape index (κ1) is 22.2. The molecule has 1 fully saturated rings. The van der Waals surface area contributed by atoms with E-state index < -0.39 is 0 Å². The summed E-state index contributed by atoms with van der Waals surface area (Å²) in [6.45, 7) is 6.29. The minimum atomic E-state index is -0.0102. The quantitative estimate of drug-likeness (QED) is 0.446. The smallest absolute Gasteiger partial charge is 0.241 e. The Bertz CT molecular complexity index is 1040. The molecule has 0 radical (unpaired) electrons. The normalized spacial score (nSPS) is 14.8. The molecule has 4 rings (SSSR count). The lowest BCUT2D eigenvalue weighted by atomic mass is 9.96. The van der Waals surface area contributed by atoms with Crippen molar-refractivity contribution in [1.82, 2.24) is 15.0 Å². The van der Waals surface area contributed by atoms with Gasteiger partial charge in [0.25, 0.3) is 0 Å². The highest BCUT2D eigenvalue weighted by molar-refractivity contribution is 9.10. The lowest BCUT2D eigenvalue weighted by molar-refractivity contribution is -0.121. The highest BCUT2D eigenvalue weighted by Gasteiger charge is 2.26. The van der Waals surface area contributed by atoms with E-state index in [0.717, 1.165) is 47.4 Å². The van der Waals surface area contributed by atoms with Crippen LogP contribution in [0.2, 0.25) is 0 Å². The summed E-state index contributed by atoms with van der Waals surface area (Å²) in [5.41, 5.74) is 1.69. The Kier molecular flexibility index (Phi) is 7.34. The van der Waals surface area contributed by atoms with Crippen LogP contribution in [0.25, 0.3) is 11.4 Å². The molecule has 1 aromatic heterocycles. The predicted molar refractivity (Wildman–Crippen MR) is 126 cm³/mol. The van der Waals surface area contributed by atoms with Crippen molar-refractivity contribution in [1.29, 1.82) is 0 Å². The molecule has 1 amide bonds. The van der Waals surface area contributed by atoms with Crippen LogP contribution < -0.4 is 10.1 Å². The Morgan fingerprint density at radius 1 is 1.19 bits per heavy atom. The van der Waals surface area contributed by atoms with E-state index in [9.17, 15) is 4.79 Å². The summed E-state index contributed by atoms with van der Waals surface area (Å²) in [5.74, 6) is 1.97. The first-order chi connectivity index (χ1) is 15.6. The van der Waals surface area contributed by atoms with Crippen molar-refractivity contribution in [3.63, 3.8) is 0 Å². The van der Waals surface area contributed by atoms with Gasteiger partial charge >= 0.3 is 0 Å². The molecule has 1 aliphatic rings. The van der Waals surface area contributed by atoms with Gasteiger partial charge in [-0.1, -0.05) is 33.7 Å². The molecule has 2 aromatic carbocycles. The summed E-state index contributed by atoms with van der Waals surface area (Å²) in [4.78, 5) is 19.4. The molecule has 0 unspecified atom stereocenters. The highest BCUT2D eigenvalue weighted by Crippen LogP contribution is 2.23. The van der Waals surface area contributed by atoms with Gasteiger partial charge in [-0.15, -0.1) is 0 Å². The first-order valence-corrected chi connectivity index (χ1v) is 11.4. The lowest BCUT2D eigenvalue weighted by Crippen LogP contribution is -2.37. The maximum Gasteiger partial charge on any atom is 0.241 e. The number of amides is 1. The van der Waals surface area contributed by atoms with Crippen LogP contribution in [0, 0.1) is 5.92 Å². The summed E-state index contributed by atoms with van der Waals surface area (Å²) in [5, 5.41) is 7.10. The molecule has 1 N–H and O–H groups in total. The van der Waals surface area contributed by atoms with Gasteiger partial charge in [-0.05, 0) is 74.5 Å². The van der Waals surface area contributed by atoms with Gasteiger partial charge < -0.3 is 14.6 Å². The van der Waals surface area contributed by atoms with Crippen LogP contribution in [0.15, 0.2) is 70.2 Å². The van der Waals surface area contributed by atoms with E-state index in [4.69, 9.17) is 9.26 Å². The number of rotatable bonds is 8. The van der Waals surface area contributed by atoms with Gasteiger partial charge in [-0.2, -0.15) is 4.98 Å². The highest BCUT2D eigenvalue weighted by atomic mass is 79.9. The summed E-state index contributed by atoms with van der Waals surface area (Å²) in [6.07, 6.45) is 3.28. The zero-order valence-corrected chi connectivity index (χ0v) is 19.3. The van der Waals surface area contributed by atoms with Crippen molar-refractivity contribution >= 4 is 27.5 Å². The SMILES string of the molecule is C=CCOc1ccc(NC(=O)C2CCN(Cc3nc(-c4ccc(Br)cc4)no3)CC2)cc1. The van der Waals surface area contributed by atoms with Gasteiger partial charge in [0.1, 0.15) is 12.4 Å². The van der Waals surface area contributed by atoms with Crippen molar-refractivity contribution in [3.05, 3.63) is 71.5 Å². The molecule has 1 saturated heterocycles. The van der Waals surface area contributed by atoms with Gasteiger partial charge in [-0.25, -0.2) is 0 Å². The van der Waals surface area contributed by atoms with Crippen molar-refractivity contribution in [3.8, 4) is 17.1 Å². The van der Waals surface area contributed by atoms with E-state index in [1.807, 2.05) is 48.5 Å². The van der Waals surface area contributed by atoms with Gasteiger partial charge in [0.2, 0.25) is 17.6 Å². The molecule has 7 nitrogen and oxygen atoms in total. The number of benzene rings is 2. The van der Waals surface area contributed by atoms with Crippen LogP contribution >= 0.6 is 15.9 Å². The molecular weight excluding hydrogens is 472 g/mol. The lowest BCUT2D eigenvalue weighted by Gasteiger charge is -2.30. The number of ether oxygens (including phenoxy) is 1. The molecule has 8 heteroatoms. The van der Waals surface area contributed by atoms with Crippen molar-refractivity contribution < 1.29 is 14.1 Å². The van der Waals surface area contributed by atoms with E-state index >= 15 is 0 Å². The standard InChI is InChI=1S/C24H25BrN4O3/c1-2-15-31-21-9-7-20(8-10-21)26-24(30)18-11-13-29(14-12-18)16-22-27-23(28-32-22)17-3-5-19(25)6-4-17/h2-10,18H,1,11-16H2,(H,26,30). The van der Waals surface area contributed by atoms with E-state index in [-0.39, 0.29) is 11.8 Å². The average molecular weight is 497 g/mol. The van der Waals surface area contributed by atoms with Crippen LogP contribution in [0.1, 0.15) is 18.7 Å². The molecule has 1 aliphatic heterocycles. The topological polar surface area (TPSA) is 80.5 Å². The molecule has 0 spiro atoms. The minimum absolute atomic E-state index is 0.0102. The number of aromatic nitrogens is 2. The van der Waals surface area contributed by atoms with E-state index in [2.05, 4.69) is 42.9 Å². The predicted octanol–water partition coefficient (Wildman–Crippen LogP) is 4.91. The third-order valence-electron chi connectivity index (χ3n) is 5.38. The number of carbonyl (C=O) groups is 1. The molecular formula is C24H25BrN4O3. The Morgan fingerprint density at radius 2 is 1.91 bits per heavy atom. The maximum absolute atomic E-state index is 12.7. The largest absolute Gasteiger partial charge is 0.490 e. The van der Waals surface area contributed by atoms with Crippen LogP contribution in [-0.2, 0) is 11.3 Å². The second kappa shape index (κ2) is 10.6. The van der Waals surface area contributed by atoms with Crippen molar-refractivity contribution in [2.24, 2.45) is 5.92 Å².